The van der Waals surface area contributed by atoms with Gasteiger partial charge in [-0.05, 0) is 30.2 Å². The summed E-state index contributed by atoms with van der Waals surface area (Å²) < 4.78 is 0. The molecule has 108 valence electrons. The van der Waals surface area contributed by atoms with Crippen LogP contribution in [0, 0.1) is 0 Å². The van der Waals surface area contributed by atoms with Gasteiger partial charge in [-0.1, -0.05) is 65.8 Å². The van der Waals surface area contributed by atoms with Crippen molar-refractivity contribution >= 4 is 28.5 Å². The van der Waals surface area contributed by atoms with Gasteiger partial charge in [0.1, 0.15) is 0 Å². The lowest BCUT2D eigenvalue weighted by Crippen LogP contribution is -2.22. The van der Waals surface area contributed by atoms with Crippen LogP contribution in [-0.4, -0.2) is 10.9 Å². The normalized spacial score (nSPS) is 19.1. The molecule has 2 aromatic carbocycles. The summed E-state index contributed by atoms with van der Waals surface area (Å²) in [6, 6.07) is 18.9. The van der Waals surface area contributed by atoms with E-state index in [4.69, 9.17) is 16.6 Å². The van der Waals surface area contributed by atoms with Gasteiger partial charge in [-0.2, -0.15) is 0 Å². The second-order valence-corrected chi connectivity index (χ2v) is 6.53. The van der Waals surface area contributed by atoms with Crippen molar-refractivity contribution in [2.24, 2.45) is 4.99 Å². The Hall–Kier alpha value is -1.45. The van der Waals surface area contributed by atoms with Gasteiger partial charge >= 0.3 is 0 Å². The average Bonchev–Trinajstić information content (AvgIpc) is 2.97. The molecule has 2 unspecified atom stereocenters. The minimum atomic E-state index is 0.225. The lowest BCUT2D eigenvalue weighted by Gasteiger charge is -2.14. The summed E-state index contributed by atoms with van der Waals surface area (Å²) in [5, 5.41) is 5.27. The van der Waals surface area contributed by atoms with Gasteiger partial charge in [-0.15, -0.1) is 0 Å². The summed E-state index contributed by atoms with van der Waals surface area (Å²) in [5.41, 5.74) is 2.49. The van der Waals surface area contributed by atoms with E-state index in [0.717, 1.165) is 15.9 Å². The van der Waals surface area contributed by atoms with Gasteiger partial charge in [-0.3, -0.25) is 4.99 Å². The molecule has 2 aromatic rings. The zero-order valence-corrected chi connectivity index (χ0v) is 13.4. The average molecular weight is 317 g/mol. The first-order valence-corrected chi connectivity index (χ1v) is 8.36. The number of halogens is 1. The number of hydrogen-bond acceptors (Lipinski definition) is 3. The highest BCUT2D eigenvalue weighted by Crippen LogP contribution is 2.30. The first-order chi connectivity index (χ1) is 10.2. The molecule has 2 nitrogen and oxygen atoms in total. The van der Waals surface area contributed by atoms with Crippen molar-refractivity contribution in [3.05, 3.63) is 70.7 Å². The molecule has 0 bridgehead atoms. The Morgan fingerprint density at radius 2 is 1.86 bits per heavy atom. The lowest BCUT2D eigenvalue weighted by molar-refractivity contribution is 0.717. The summed E-state index contributed by atoms with van der Waals surface area (Å²) >= 11 is 7.71. The van der Waals surface area contributed by atoms with Crippen LogP contribution in [0.4, 0.5) is 0 Å². The molecule has 0 amide bonds. The first kappa shape index (κ1) is 14.5. The summed E-state index contributed by atoms with van der Waals surface area (Å²) in [7, 11) is 0. The fourth-order valence-electron chi connectivity index (χ4n) is 2.32. The summed E-state index contributed by atoms with van der Waals surface area (Å²) in [5.74, 6) is 1.000. The monoisotopic (exact) mass is 316 g/mol. The van der Waals surface area contributed by atoms with E-state index >= 15 is 0 Å². The Morgan fingerprint density at radius 3 is 2.57 bits per heavy atom. The Bertz CT molecular complexity index is 625. The van der Waals surface area contributed by atoms with Crippen molar-refractivity contribution in [1.82, 2.24) is 5.32 Å². The fraction of sp³-hybridized carbons (Fsp3) is 0.235. The highest BCUT2D eigenvalue weighted by atomic mass is 35.5. The van der Waals surface area contributed by atoms with Crippen LogP contribution in [0.1, 0.15) is 30.1 Å². The molecule has 2 atom stereocenters. The minimum absolute atomic E-state index is 0.225. The second-order valence-electron chi connectivity index (χ2n) is 5.09. The Morgan fingerprint density at radius 1 is 1.14 bits per heavy atom. The number of nitrogens with one attached hydrogen (secondary N) is 1. The van der Waals surface area contributed by atoms with Gasteiger partial charge in [0.05, 0.1) is 12.1 Å². The van der Waals surface area contributed by atoms with Crippen molar-refractivity contribution in [1.29, 1.82) is 0 Å². The van der Waals surface area contributed by atoms with Gasteiger partial charge in [0.25, 0.3) is 0 Å². The molecule has 0 saturated heterocycles. The van der Waals surface area contributed by atoms with E-state index in [2.05, 4.69) is 48.6 Å². The predicted molar refractivity (Wildman–Crippen MR) is 92.1 cm³/mol. The molecule has 0 spiro atoms. The number of aliphatic imine (C=N–C) groups is 1. The van der Waals surface area contributed by atoms with Crippen molar-refractivity contribution in [3.8, 4) is 0 Å². The van der Waals surface area contributed by atoms with Crippen LogP contribution >= 0.6 is 23.4 Å². The van der Waals surface area contributed by atoms with Gasteiger partial charge < -0.3 is 5.32 Å². The topological polar surface area (TPSA) is 24.4 Å². The van der Waals surface area contributed by atoms with E-state index in [-0.39, 0.29) is 12.1 Å². The molecule has 4 heteroatoms. The van der Waals surface area contributed by atoms with E-state index < -0.39 is 0 Å². The Labute approximate surface area is 134 Å². The number of nitrogens with zero attached hydrogens (tertiary/aromatic N) is 1. The van der Waals surface area contributed by atoms with Gasteiger partial charge in [0, 0.05) is 10.8 Å². The number of thioether (sulfide) groups is 1. The van der Waals surface area contributed by atoms with Gasteiger partial charge in [-0.25, -0.2) is 0 Å². The predicted octanol–water partition coefficient (Wildman–Crippen LogP) is 4.83. The van der Waals surface area contributed by atoms with Crippen LogP contribution in [0.3, 0.4) is 0 Å². The number of amidine groups is 1. The van der Waals surface area contributed by atoms with Crippen molar-refractivity contribution in [2.75, 3.05) is 5.75 Å². The molecule has 3 rings (SSSR count). The summed E-state index contributed by atoms with van der Waals surface area (Å²) in [4.78, 5) is 4.78. The first-order valence-electron chi connectivity index (χ1n) is 7.00. The SMILES string of the molecule is CC(NC1=NC(c2ccccc2)CS1)c1ccc(Cl)cc1. The largest absolute Gasteiger partial charge is 0.358 e. The van der Waals surface area contributed by atoms with Crippen LogP contribution in [0.2, 0.25) is 5.02 Å². The molecule has 0 fully saturated rings. The summed E-state index contributed by atoms with van der Waals surface area (Å²) in [6.07, 6.45) is 0. The maximum Gasteiger partial charge on any atom is 0.157 e. The van der Waals surface area contributed by atoms with E-state index in [9.17, 15) is 0 Å². The molecular weight excluding hydrogens is 300 g/mol. The molecule has 21 heavy (non-hydrogen) atoms. The van der Waals surface area contributed by atoms with Crippen LogP contribution in [0.15, 0.2) is 59.6 Å². The zero-order valence-electron chi connectivity index (χ0n) is 11.8. The standard InChI is InChI=1S/C17H17ClN2S/c1-12(13-7-9-15(18)10-8-13)19-17-20-16(11-21-17)14-5-3-2-4-6-14/h2-10,12,16H,11H2,1H3,(H,19,20). The molecule has 1 aliphatic rings. The fourth-order valence-corrected chi connectivity index (χ4v) is 3.49. The molecule has 1 heterocycles. The van der Waals surface area contributed by atoms with Crippen molar-refractivity contribution in [2.45, 2.75) is 19.0 Å². The van der Waals surface area contributed by atoms with Crippen LogP contribution in [0.5, 0.6) is 0 Å². The van der Waals surface area contributed by atoms with E-state index in [1.165, 1.54) is 11.1 Å². The number of rotatable bonds is 3. The van der Waals surface area contributed by atoms with Gasteiger partial charge in [0.15, 0.2) is 5.17 Å². The van der Waals surface area contributed by atoms with E-state index in [0.29, 0.717) is 0 Å². The highest BCUT2D eigenvalue weighted by Gasteiger charge is 2.21. The smallest absolute Gasteiger partial charge is 0.157 e. The Kier molecular flexibility index (Phi) is 4.51. The van der Waals surface area contributed by atoms with Crippen molar-refractivity contribution < 1.29 is 0 Å². The molecule has 1 aliphatic heterocycles. The third-order valence-electron chi connectivity index (χ3n) is 3.55. The van der Waals surface area contributed by atoms with Crippen LogP contribution in [0.25, 0.3) is 0 Å². The third-order valence-corrected chi connectivity index (χ3v) is 4.78. The van der Waals surface area contributed by atoms with E-state index in [1.54, 1.807) is 11.8 Å². The quantitative estimate of drug-likeness (QED) is 0.876. The zero-order chi connectivity index (χ0) is 14.7. The number of hydrogen-bond donors (Lipinski definition) is 1. The highest BCUT2D eigenvalue weighted by molar-refractivity contribution is 8.14. The molecular formula is C17H17ClN2S. The summed E-state index contributed by atoms with van der Waals surface area (Å²) in [6.45, 7) is 2.14. The molecule has 0 saturated carbocycles. The minimum Gasteiger partial charge on any atom is -0.358 e. The second kappa shape index (κ2) is 6.54. The molecule has 1 N–H and O–H groups in total. The maximum atomic E-state index is 5.93. The number of benzene rings is 2. The molecule has 0 aromatic heterocycles. The van der Waals surface area contributed by atoms with Crippen LogP contribution < -0.4 is 5.32 Å². The van der Waals surface area contributed by atoms with Crippen LogP contribution in [-0.2, 0) is 0 Å². The molecule has 0 aliphatic carbocycles. The van der Waals surface area contributed by atoms with Gasteiger partial charge in [0.2, 0.25) is 0 Å². The van der Waals surface area contributed by atoms with E-state index in [1.807, 2.05) is 18.2 Å². The molecule has 0 radical (unpaired) electrons. The maximum absolute atomic E-state index is 5.93. The van der Waals surface area contributed by atoms with Crippen molar-refractivity contribution in [3.63, 3.8) is 0 Å². The third kappa shape index (κ3) is 3.60. The lowest BCUT2D eigenvalue weighted by atomic mass is 10.1. The Balaban J connectivity index is 1.67.